The maximum Gasteiger partial charge on any atom is 0.338 e. The average Bonchev–Trinajstić information content (AvgIpc) is 2.96. The summed E-state index contributed by atoms with van der Waals surface area (Å²) >= 11 is 0. The van der Waals surface area contributed by atoms with E-state index in [9.17, 15) is 24.5 Å². The number of nitro groups is 1. The molecule has 0 atom stereocenters. The highest BCUT2D eigenvalue weighted by molar-refractivity contribution is 6.68. The number of carbonyl (C=O) groups excluding carboxylic acids is 3. The van der Waals surface area contributed by atoms with Gasteiger partial charge in [0, 0.05) is 6.07 Å². The van der Waals surface area contributed by atoms with Crippen LogP contribution in [-0.4, -0.2) is 49.1 Å². The summed E-state index contributed by atoms with van der Waals surface area (Å²) in [5, 5.41) is 17.5. The van der Waals surface area contributed by atoms with Crippen molar-refractivity contribution in [1.29, 1.82) is 0 Å². The molecule has 3 aromatic carbocycles. The molecule has 0 aliphatic heterocycles. The molecule has 0 bridgehead atoms. The third kappa shape index (κ3) is 7.26. The summed E-state index contributed by atoms with van der Waals surface area (Å²) in [6, 6.07) is 16.5. The van der Waals surface area contributed by atoms with Gasteiger partial charge in [0.1, 0.15) is 5.75 Å². The van der Waals surface area contributed by atoms with E-state index < -0.39 is 34.9 Å². The summed E-state index contributed by atoms with van der Waals surface area (Å²) in [5.41, 5.74) is 3.02. The second kappa shape index (κ2) is 13.1. The van der Waals surface area contributed by atoms with Gasteiger partial charge < -0.3 is 19.5 Å². The van der Waals surface area contributed by atoms with E-state index in [-0.39, 0.29) is 28.4 Å². The van der Waals surface area contributed by atoms with Gasteiger partial charge in [-0.3, -0.25) is 25.1 Å². The molecule has 0 fully saturated rings. The van der Waals surface area contributed by atoms with E-state index >= 15 is 0 Å². The minimum absolute atomic E-state index is 0.0410. The molecule has 1 amide bonds. The van der Waals surface area contributed by atoms with Crippen LogP contribution in [0.4, 0.5) is 17.1 Å². The SMILES string of the molecule is C=Cc1ccc(C(=O)OCC(=O)/C(=N\Nc2ccc([N+](=O)[O-])cc2OC)C(=O)Nc2ccccc2OC)cc1. The number of nitrogens with one attached hydrogen (secondary N) is 2. The lowest BCUT2D eigenvalue weighted by atomic mass is 10.1. The van der Waals surface area contributed by atoms with Crippen LogP contribution in [0.25, 0.3) is 6.08 Å². The zero-order chi connectivity index (χ0) is 28.4. The quantitative estimate of drug-likeness (QED) is 0.115. The van der Waals surface area contributed by atoms with Gasteiger partial charge in [-0.1, -0.05) is 36.9 Å². The number of amides is 1. The first-order valence-electron chi connectivity index (χ1n) is 11.3. The second-order valence-corrected chi connectivity index (χ2v) is 7.69. The molecule has 12 heteroatoms. The second-order valence-electron chi connectivity index (χ2n) is 7.69. The van der Waals surface area contributed by atoms with E-state index in [4.69, 9.17) is 14.2 Å². The van der Waals surface area contributed by atoms with Crippen LogP contribution >= 0.6 is 0 Å². The largest absolute Gasteiger partial charge is 0.495 e. The number of hydrazone groups is 1. The summed E-state index contributed by atoms with van der Waals surface area (Å²) in [4.78, 5) is 49.0. The van der Waals surface area contributed by atoms with Crippen molar-refractivity contribution in [3.8, 4) is 11.5 Å². The Kier molecular flexibility index (Phi) is 9.46. The Bertz CT molecular complexity index is 1430. The van der Waals surface area contributed by atoms with Gasteiger partial charge in [0.2, 0.25) is 5.78 Å². The maximum atomic E-state index is 13.1. The number of hydrogen-bond acceptors (Lipinski definition) is 10. The van der Waals surface area contributed by atoms with E-state index in [1.54, 1.807) is 42.5 Å². The molecule has 0 aliphatic carbocycles. The molecule has 0 saturated carbocycles. The molecule has 0 unspecified atom stereocenters. The Labute approximate surface area is 223 Å². The van der Waals surface area contributed by atoms with Gasteiger partial charge in [-0.2, -0.15) is 5.10 Å². The number of anilines is 2. The van der Waals surface area contributed by atoms with Crippen molar-refractivity contribution >= 4 is 46.5 Å². The van der Waals surface area contributed by atoms with Gasteiger partial charge in [0.05, 0.1) is 42.1 Å². The van der Waals surface area contributed by atoms with E-state index in [2.05, 4.69) is 22.4 Å². The Morgan fingerprint density at radius 1 is 0.974 bits per heavy atom. The van der Waals surface area contributed by atoms with Crippen LogP contribution in [0.1, 0.15) is 15.9 Å². The number of nitrogens with zero attached hydrogens (tertiary/aromatic N) is 2. The maximum absolute atomic E-state index is 13.1. The summed E-state index contributed by atoms with van der Waals surface area (Å²) in [7, 11) is 2.70. The topological polar surface area (TPSA) is 158 Å². The van der Waals surface area contributed by atoms with Crippen molar-refractivity contribution in [3.05, 3.63) is 94.6 Å². The van der Waals surface area contributed by atoms with Crippen LogP contribution in [0.15, 0.2) is 78.4 Å². The number of methoxy groups -OCH3 is 2. The van der Waals surface area contributed by atoms with Crippen molar-refractivity contribution in [2.45, 2.75) is 0 Å². The molecular formula is C27H24N4O8. The highest BCUT2D eigenvalue weighted by atomic mass is 16.6. The van der Waals surface area contributed by atoms with Crippen molar-refractivity contribution in [3.63, 3.8) is 0 Å². The molecule has 0 aromatic heterocycles. The van der Waals surface area contributed by atoms with E-state index in [0.717, 1.165) is 11.6 Å². The van der Waals surface area contributed by atoms with Crippen LogP contribution in [0.5, 0.6) is 11.5 Å². The minimum atomic E-state index is -0.927. The molecule has 3 aromatic rings. The predicted octanol–water partition coefficient (Wildman–Crippen LogP) is 4.09. The first-order valence-corrected chi connectivity index (χ1v) is 11.3. The molecule has 200 valence electrons. The minimum Gasteiger partial charge on any atom is -0.495 e. The molecular weight excluding hydrogens is 508 g/mol. The van der Waals surface area contributed by atoms with Crippen LogP contribution in [0.2, 0.25) is 0 Å². The summed E-state index contributed by atoms with van der Waals surface area (Å²) in [6.07, 6.45) is 1.61. The molecule has 39 heavy (non-hydrogen) atoms. The van der Waals surface area contributed by atoms with Crippen molar-refractivity contribution in [1.82, 2.24) is 0 Å². The number of hydrogen-bond donors (Lipinski definition) is 2. The van der Waals surface area contributed by atoms with Gasteiger partial charge in [0.25, 0.3) is 11.6 Å². The first kappa shape index (κ1) is 28.1. The number of para-hydroxylation sites is 2. The molecule has 0 radical (unpaired) electrons. The summed E-state index contributed by atoms with van der Waals surface area (Å²) in [5.74, 6) is -2.26. The van der Waals surface area contributed by atoms with Crippen LogP contribution in [0.3, 0.4) is 0 Å². The number of esters is 1. The lowest BCUT2D eigenvalue weighted by Crippen LogP contribution is -2.34. The van der Waals surface area contributed by atoms with Crippen molar-refractivity contribution in [2.24, 2.45) is 5.10 Å². The molecule has 0 saturated heterocycles. The van der Waals surface area contributed by atoms with E-state index in [0.29, 0.717) is 5.75 Å². The van der Waals surface area contributed by atoms with Gasteiger partial charge in [-0.25, -0.2) is 4.79 Å². The normalized spacial score (nSPS) is 10.7. The molecule has 2 N–H and O–H groups in total. The summed E-state index contributed by atoms with van der Waals surface area (Å²) < 4.78 is 15.5. The third-order valence-electron chi connectivity index (χ3n) is 5.23. The standard InChI is InChI=1S/C27H24N4O8/c1-4-17-9-11-18(12-10-17)27(34)39-16-22(32)25(26(33)28-20-7-5-6-8-23(20)37-2)30-29-21-14-13-19(31(35)36)15-24(21)38-3/h4-15,29H,1,16H2,2-3H3,(H,28,33)/b30-25+. The van der Waals surface area contributed by atoms with Crippen LogP contribution < -0.4 is 20.2 Å². The fourth-order valence-corrected chi connectivity index (χ4v) is 3.21. The van der Waals surface area contributed by atoms with E-state index in [1.807, 2.05) is 0 Å². The Hall–Kier alpha value is -5.52. The number of nitro benzene ring substituents is 1. The molecule has 0 spiro atoms. The van der Waals surface area contributed by atoms with E-state index in [1.165, 1.54) is 38.5 Å². The van der Waals surface area contributed by atoms with Crippen LogP contribution in [0, 0.1) is 10.1 Å². The van der Waals surface area contributed by atoms with Gasteiger partial charge in [0.15, 0.2) is 18.1 Å². The number of Topliss-reactive ketones (excluding diaryl/α,β-unsaturated/α-hetero) is 1. The third-order valence-corrected chi connectivity index (χ3v) is 5.23. The number of non-ortho nitro benzene ring substituents is 1. The number of ether oxygens (including phenoxy) is 3. The number of ketones is 1. The lowest BCUT2D eigenvalue weighted by molar-refractivity contribution is -0.384. The fourth-order valence-electron chi connectivity index (χ4n) is 3.21. The van der Waals surface area contributed by atoms with Crippen LogP contribution in [-0.2, 0) is 14.3 Å². The highest BCUT2D eigenvalue weighted by Crippen LogP contribution is 2.29. The summed E-state index contributed by atoms with van der Waals surface area (Å²) in [6.45, 7) is 2.85. The smallest absolute Gasteiger partial charge is 0.338 e. The molecule has 12 nitrogen and oxygen atoms in total. The Balaban J connectivity index is 1.85. The molecule has 0 heterocycles. The molecule has 0 aliphatic rings. The van der Waals surface area contributed by atoms with Crippen molar-refractivity contribution < 1.29 is 33.5 Å². The van der Waals surface area contributed by atoms with Crippen molar-refractivity contribution in [2.75, 3.05) is 31.6 Å². The monoisotopic (exact) mass is 532 g/mol. The zero-order valence-corrected chi connectivity index (χ0v) is 21.0. The van der Waals surface area contributed by atoms with Gasteiger partial charge >= 0.3 is 5.97 Å². The average molecular weight is 533 g/mol. The van der Waals surface area contributed by atoms with Gasteiger partial charge in [-0.15, -0.1) is 0 Å². The zero-order valence-electron chi connectivity index (χ0n) is 21.0. The molecule has 3 rings (SSSR count). The lowest BCUT2D eigenvalue weighted by Gasteiger charge is -2.12. The predicted molar refractivity (Wildman–Crippen MR) is 144 cm³/mol. The number of benzene rings is 3. The Morgan fingerprint density at radius 2 is 1.67 bits per heavy atom. The number of rotatable bonds is 12. The number of carbonyl (C=O) groups is 3. The fraction of sp³-hybridized carbons (Fsp3) is 0.111. The Morgan fingerprint density at radius 3 is 2.31 bits per heavy atom. The van der Waals surface area contributed by atoms with Gasteiger partial charge in [-0.05, 0) is 35.9 Å². The highest BCUT2D eigenvalue weighted by Gasteiger charge is 2.24. The first-order chi connectivity index (χ1) is 18.8.